The van der Waals surface area contributed by atoms with Crippen LogP contribution in [0.1, 0.15) is 0 Å². The van der Waals surface area contributed by atoms with Crippen LogP contribution in [0, 0.1) is 0 Å². The lowest BCUT2D eigenvalue weighted by atomic mass is 10.5. The van der Waals surface area contributed by atoms with E-state index in [1.54, 1.807) is 0 Å². The molecule has 4 rings (SSSR count). The Kier molecular flexibility index (Phi) is 2.27. The molecule has 0 aliphatic heterocycles. The highest BCUT2D eigenvalue weighted by molar-refractivity contribution is 7.91. The molecule has 11 heteroatoms. The van der Waals surface area contributed by atoms with Crippen molar-refractivity contribution in [2.45, 2.75) is 10.1 Å². The number of rotatable bonds is 2. The van der Waals surface area contributed by atoms with E-state index in [4.69, 9.17) is 0 Å². The van der Waals surface area contributed by atoms with Crippen molar-refractivity contribution in [3.63, 3.8) is 0 Å². The van der Waals surface area contributed by atoms with Gasteiger partial charge in [-0.15, -0.1) is 0 Å². The molecule has 0 saturated heterocycles. The van der Waals surface area contributed by atoms with E-state index in [-0.39, 0.29) is 21.1 Å². The van der Waals surface area contributed by atoms with Crippen molar-refractivity contribution in [2.75, 3.05) is 0 Å². The number of nitrogens with zero attached hydrogens (tertiary/aromatic N) is 6. The van der Waals surface area contributed by atoms with Crippen LogP contribution in [0.3, 0.4) is 0 Å². The Morgan fingerprint density at radius 3 is 1.76 bits per heavy atom. The predicted octanol–water partition coefficient (Wildman–Crippen LogP) is -0.148. The molecule has 0 bridgehead atoms. The first-order valence-corrected chi connectivity index (χ1v) is 7.19. The molecule has 10 nitrogen and oxygen atoms in total. The number of hydrogen-bond donors (Lipinski definition) is 2. The number of hydrogen-bond acceptors (Lipinski definition) is 8. The van der Waals surface area contributed by atoms with E-state index in [2.05, 4.69) is 40.3 Å². The van der Waals surface area contributed by atoms with Gasteiger partial charge in [-0.1, -0.05) is 0 Å². The van der Waals surface area contributed by atoms with E-state index >= 15 is 0 Å². The summed E-state index contributed by atoms with van der Waals surface area (Å²) in [6, 6.07) is 0. The van der Waals surface area contributed by atoms with E-state index in [0.29, 0.717) is 11.0 Å². The van der Waals surface area contributed by atoms with E-state index < -0.39 is 9.84 Å². The molecule has 0 spiro atoms. The molecule has 0 fully saturated rings. The van der Waals surface area contributed by atoms with Crippen molar-refractivity contribution in [1.29, 1.82) is 0 Å². The van der Waals surface area contributed by atoms with Gasteiger partial charge in [0, 0.05) is 0 Å². The van der Waals surface area contributed by atoms with E-state index in [1.165, 1.54) is 25.0 Å². The van der Waals surface area contributed by atoms with Crippen LogP contribution < -0.4 is 0 Å². The van der Waals surface area contributed by atoms with Crippen LogP contribution in [0.4, 0.5) is 0 Å². The van der Waals surface area contributed by atoms with E-state index in [0.717, 1.165) is 0 Å². The van der Waals surface area contributed by atoms with Crippen molar-refractivity contribution in [3.8, 4) is 0 Å². The summed E-state index contributed by atoms with van der Waals surface area (Å²) in [7, 11) is -3.92. The molecular weight excluding hydrogens is 296 g/mol. The average Bonchev–Trinajstić information content (AvgIpc) is 3.12. The molecule has 0 unspecified atom stereocenters. The number of H-pyrrole nitrogens is 2. The quantitative estimate of drug-likeness (QED) is 0.520. The minimum atomic E-state index is -3.92. The number of sulfone groups is 1. The minimum Gasteiger partial charge on any atom is -0.264 e. The standard InChI is InChI=1S/C10H6N8O2S/c19-21(20,9-7-5(15-17-9)1-11-3-13-7)10-8-6(16-18-10)2-12-4-14-8/h1-4H,(H,15,17)(H,16,18). The molecule has 0 amide bonds. The van der Waals surface area contributed by atoms with E-state index in [1.807, 2.05) is 0 Å². The van der Waals surface area contributed by atoms with Gasteiger partial charge in [0.2, 0.25) is 9.84 Å². The Morgan fingerprint density at radius 1 is 0.810 bits per heavy atom. The fourth-order valence-corrected chi connectivity index (χ4v) is 3.32. The predicted molar refractivity (Wildman–Crippen MR) is 68.8 cm³/mol. The molecule has 4 aromatic rings. The monoisotopic (exact) mass is 302 g/mol. The highest BCUT2D eigenvalue weighted by Crippen LogP contribution is 2.26. The Bertz CT molecular complexity index is 987. The first-order chi connectivity index (χ1) is 10.2. The second-order valence-corrected chi connectivity index (χ2v) is 5.95. The van der Waals surface area contributed by atoms with Crippen molar-refractivity contribution in [2.24, 2.45) is 0 Å². The smallest absolute Gasteiger partial charge is 0.244 e. The van der Waals surface area contributed by atoms with Crippen molar-refractivity contribution < 1.29 is 8.42 Å². The number of nitrogens with one attached hydrogen (secondary N) is 2. The minimum absolute atomic E-state index is 0.135. The summed E-state index contributed by atoms with van der Waals surface area (Å²) in [4.78, 5) is 15.5. The summed E-state index contributed by atoms with van der Waals surface area (Å²) in [6.07, 6.45) is 5.35. The molecule has 0 aromatic carbocycles. The number of aromatic nitrogens is 8. The lowest BCUT2D eigenvalue weighted by molar-refractivity contribution is 0.589. The summed E-state index contributed by atoms with van der Waals surface area (Å²) in [5, 5.41) is 12.4. The zero-order valence-corrected chi connectivity index (χ0v) is 11.0. The highest BCUT2D eigenvalue weighted by Gasteiger charge is 2.28. The van der Waals surface area contributed by atoms with Crippen LogP contribution in [-0.2, 0) is 9.84 Å². The average molecular weight is 302 g/mol. The van der Waals surface area contributed by atoms with Gasteiger partial charge in [-0.2, -0.15) is 10.2 Å². The van der Waals surface area contributed by atoms with Crippen LogP contribution >= 0.6 is 0 Å². The van der Waals surface area contributed by atoms with Gasteiger partial charge in [-0.3, -0.25) is 10.2 Å². The second-order valence-electron chi connectivity index (χ2n) is 4.12. The Hall–Kier alpha value is -2.95. The molecule has 2 N–H and O–H groups in total. The Labute approximate surface area is 116 Å². The SMILES string of the molecule is O=S(=O)(c1[nH]nc2cncnc12)c1[nH]nc2cncnc12. The van der Waals surface area contributed by atoms with Gasteiger partial charge >= 0.3 is 0 Å². The zero-order chi connectivity index (χ0) is 14.4. The summed E-state index contributed by atoms with van der Waals surface area (Å²) >= 11 is 0. The maximum absolute atomic E-state index is 12.7. The molecule has 0 saturated carbocycles. The van der Waals surface area contributed by atoms with Crippen LogP contribution in [0.15, 0.2) is 35.1 Å². The summed E-state index contributed by atoms with van der Waals surface area (Å²) in [6.45, 7) is 0. The van der Waals surface area contributed by atoms with Gasteiger partial charge in [0.1, 0.15) is 34.7 Å². The molecule has 21 heavy (non-hydrogen) atoms. The molecule has 0 aliphatic rings. The summed E-state index contributed by atoms with van der Waals surface area (Å²) < 4.78 is 25.4. The fraction of sp³-hybridized carbons (Fsp3) is 0. The van der Waals surface area contributed by atoms with Gasteiger partial charge in [0.25, 0.3) is 0 Å². The molecular formula is C10H6N8O2S. The normalized spacial score (nSPS) is 12.2. The van der Waals surface area contributed by atoms with Crippen molar-refractivity contribution in [3.05, 3.63) is 25.0 Å². The molecule has 4 aromatic heterocycles. The van der Waals surface area contributed by atoms with Crippen LogP contribution in [-0.4, -0.2) is 48.7 Å². The lowest BCUT2D eigenvalue weighted by Crippen LogP contribution is -2.05. The second kappa shape index (κ2) is 4.02. The lowest BCUT2D eigenvalue weighted by Gasteiger charge is -1.98. The van der Waals surface area contributed by atoms with Crippen LogP contribution in [0.2, 0.25) is 0 Å². The Balaban J connectivity index is 2.02. The third-order valence-corrected chi connectivity index (χ3v) is 4.55. The highest BCUT2D eigenvalue weighted by atomic mass is 32.2. The summed E-state index contributed by atoms with van der Waals surface area (Å²) in [5.41, 5.74) is 1.13. The maximum atomic E-state index is 12.7. The van der Waals surface area contributed by atoms with E-state index in [9.17, 15) is 8.42 Å². The third kappa shape index (κ3) is 1.61. The first-order valence-electron chi connectivity index (χ1n) is 5.71. The van der Waals surface area contributed by atoms with Crippen LogP contribution in [0.5, 0.6) is 0 Å². The van der Waals surface area contributed by atoms with Crippen molar-refractivity contribution in [1.82, 2.24) is 40.3 Å². The molecule has 104 valence electrons. The fourth-order valence-electron chi connectivity index (χ4n) is 1.96. The maximum Gasteiger partial charge on any atom is 0.244 e. The number of fused-ring (bicyclic) bond motifs is 2. The Morgan fingerprint density at radius 2 is 1.29 bits per heavy atom. The number of aromatic amines is 2. The van der Waals surface area contributed by atoms with Crippen LogP contribution in [0.25, 0.3) is 22.1 Å². The topological polar surface area (TPSA) is 143 Å². The molecule has 0 aliphatic carbocycles. The molecule has 4 heterocycles. The van der Waals surface area contributed by atoms with Crippen molar-refractivity contribution >= 4 is 31.9 Å². The zero-order valence-electron chi connectivity index (χ0n) is 10.2. The van der Waals surface area contributed by atoms with Gasteiger partial charge in [-0.25, -0.2) is 28.4 Å². The third-order valence-electron chi connectivity index (χ3n) is 2.91. The van der Waals surface area contributed by atoms with Gasteiger partial charge in [0.15, 0.2) is 10.1 Å². The summed E-state index contributed by atoms with van der Waals surface area (Å²) in [5.74, 6) is 0. The molecule has 0 atom stereocenters. The van der Waals surface area contributed by atoms with Gasteiger partial charge in [-0.05, 0) is 0 Å². The molecule has 0 radical (unpaired) electrons. The van der Waals surface area contributed by atoms with Gasteiger partial charge in [0.05, 0.1) is 12.4 Å². The van der Waals surface area contributed by atoms with Gasteiger partial charge < -0.3 is 0 Å². The largest absolute Gasteiger partial charge is 0.264 e. The first kappa shape index (κ1) is 11.8.